The smallest absolute Gasteiger partial charge is 0.00523 e. The fourth-order valence-electron chi connectivity index (χ4n) is 3.15. The van der Waals surface area contributed by atoms with Gasteiger partial charge in [0.05, 0.1) is 0 Å². The molecule has 0 bridgehead atoms. The molecular formula is C22H26. The van der Waals surface area contributed by atoms with Gasteiger partial charge < -0.3 is 0 Å². The minimum Gasteiger partial charge on any atom is -0.0613 e. The molecule has 0 atom stereocenters. The van der Waals surface area contributed by atoms with E-state index in [1.165, 1.54) is 33.4 Å². The number of allylic oxidation sites excluding steroid dienone is 1. The Morgan fingerprint density at radius 1 is 0.909 bits per heavy atom. The topological polar surface area (TPSA) is 0 Å². The lowest BCUT2D eigenvalue weighted by Gasteiger charge is -2.19. The van der Waals surface area contributed by atoms with Gasteiger partial charge in [0.1, 0.15) is 0 Å². The van der Waals surface area contributed by atoms with Crippen LogP contribution in [0.1, 0.15) is 57.2 Å². The van der Waals surface area contributed by atoms with Gasteiger partial charge in [-0.25, -0.2) is 0 Å². The van der Waals surface area contributed by atoms with Gasteiger partial charge >= 0.3 is 0 Å². The molecule has 2 aromatic carbocycles. The minimum absolute atomic E-state index is 0.248. The Morgan fingerprint density at radius 3 is 2.18 bits per heavy atom. The third-order valence-electron chi connectivity index (χ3n) is 4.75. The molecule has 0 spiro atoms. The number of fused-ring (bicyclic) bond motifs is 1. The van der Waals surface area contributed by atoms with Crippen LogP contribution in [0, 0.1) is 5.41 Å². The van der Waals surface area contributed by atoms with E-state index in [4.69, 9.17) is 0 Å². The van der Waals surface area contributed by atoms with Crippen LogP contribution in [0.25, 0.3) is 17.2 Å². The van der Waals surface area contributed by atoms with Crippen LogP contribution in [-0.4, -0.2) is 0 Å². The average molecular weight is 290 g/mol. The Morgan fingerprint density at radius 2 is 1.59 bits per heavy atom. The second-order valence-electron chi connectivity index (χ2n) is 7.75. The van der Waals surface area contributed by atoms with Gasteiger partial charge in [-0.2, -0.15) is 0 Å². The highest BCUT2D eigenvalue weighted by Crippen LogP contribution is 2.40. The Balaban J connectivity index is 2.04. The lowest BCUT2D eigenvalue weighted by atomic mass is 9.85. The van der Waals surface area contributed by atoms with Gasteiger partial charge in [-0.3, -0.25) is 0 Å². The van der Waals surface area contributed by atoms with E-state index in [0.29, 0.717) is 5.92 Å². The van der Waals surface area contributed by atoms with Crippen molar-refractivity contribution in [2.24, 2.45) is 5.41 Å². The summed E-state index contributed by atoms with van der Waals surface area (Å²) in [7, 11) is 0. The molecule has 22 heavy (non-hydrogen) atoms. The first-order chi connectivity index (χ1) is 10.4. The average Bonchev–Trinajstić information content (AvgIpc) is 2.91. The van der Waals surface area contributed by atoms with Crippen molar-refractivity contribution in [1.82, 2.24) is 0 Å². The standard InChI is InChI=1S/C22H26/c1-15(2)16-9-11-17(12-10-16)20-8-6-7-18-13-19(14-21(18)20)22(3,4)5/h6-12,14-15H,13H2,1-5H3. The third-order valence-corrected chi connectivity index (χ3v) is 4.75. The summed E-state index contributed by atoms with van der Waals surface area (Å²) in [5, 5.41) is 0. The van der Waals surface area contributed by atoms with Gasteiger partial charge in [-0.1, -0.05) is 88.7 Å². The lowest BCUT2D eigenvalue weighted by molar-refractivity contribution is 0.498. The third kappa shape index (κ3) is 2.75. The molecule has 0 amide bonds. The highest BCUT2D eigenvalue weighted by molar-refractivity contribution is 5.81. The van der Waals surface area contributed by atoms with E-state index in [0.717, 1.165) is 6.42 Å². The van der Waals surface area contributed by atoms with Crippen molar-refractivity contribution in [2.45, 2.75) is 47.0 Å². The van der Waals surface area contributed by atoms with Crippen LogP contribution in [0.2, 0.25) is 0 Å². The van der Waals surface area contributed by atoms with Crippen LogP contribution in [0.15, 0.2) is 48.0 Å². The van der Waals surface area contributed by atoms with Crippen molar-refractivity contribution in [1.29, 1.82) is 0 Å². The number of rotatable bonds is 2. The predicted octanol–water partition coefficient (Wildman–Crippen LogP) is 6.46. The highest BCUT2D eigenvalue weighted by Gasteiger charge is 2.24. The second kappa shape index (κ2) is 5.43. The zero-order chi connectivity index (χ0) is 15.9. The Bertz CT molecular complexity index is 707. The molecule has 0 radical (unpaired) electrons. The van der Waals surface area contributed by atoms with Crippen molar-refractivity contribution in [2.75, 3.05) is 0 Å². The molecule has 0 nitrogen and oxygen atoms in total. The molecule has 0 aliphatic heterocycles. The lowest BCUT2D eigenvalue weighted by Crippen LogP contribution is -2.08. The van der Waals surface area contributed by atoms with Crippen molar-refractivity contribution in [3.63, 3.8) is 0 Å². The molecule has 3 rings (SSSR count). The van der Waals surface area contributed by atoms with Crippen molar-refractivity contribution >= 4 is 6.08 Å². The fourth-order valence-corrected chi connectivity index (χ4v) is 3.15. The molecule has 0 aromatic heterocycles. The summed E-state index contributed by atoms with van der Waals surface area (Å²) in [6.45, 7) is 11.4. The summed E-state index contributed by atoms with van der Waals surface area (Å²) in [6.07, 6.45) is 3.51. The van der Waals surface area contributed by atoms with E-state index in [9.17, 15) is 0 Å². The van der Waals surface area contributed by atoms with Crippen molar-refractivity contribution < 1.29 is 0 Å². The number of benzene rings is 2. The van der Waals surface area contributed by atoms with Gasteiger partial charge in [-0.15, -0.1) is 0 Å². The quantitative estimate of drug-likeness (QED) is 0.595. The monoisotopic (exact) mass is 290 g/mol. The SMILES string of the molecule is CC(C)c1ccc(-c2cccc3c2C=C(C(C)(C)C)C3)cc1. The maximum Gasteiger partial charge on any atom is -0.00523 e. The van der Waals surface area contributed by atoms with Gasteiger partial charge in [0.25, 0.3) is 0 Å². The summed E-state index contributed by atoms with van der Waals surface area (Å²) < 4.78 is 0. The zero-order valence-electron chi connectivity index (χ0n) is 14.4. The molecule has 0 unspecified atom stereocenters. The maximum absolute atomic E-state index is 2.42. The van der Waals surface area contributed by atoms with E-state index >= 15 is 0 Å². The first kappa shape index (κ1) is 15.1. The van der Waals surface area contributed by atoms with Crippen LogP contribution in [0.5, 0.6) is 0 Å². The fraction of sp³-hybridized carbons (Fsp3) is 0.364. The second-order valence-corrected chi connectivity index (χ2v) is 7.75. The van der Waals surface area contributed by atoms with Crippen LogP contribution >= 0.6 is 0 Å². The summed E-state index contributed by atoms with van der Waals surface area (Å²) >= 11 is 0. The predicted molar refractivity (Wildman–Crippen MR) is 97.1 cm³/mol. The zero-order valence-corrected chi connectivity index (χ0v) is 14.4. The summed E-state index contributed by atoms with van der Waals surface area (Å²) in [5.41, 5.74) is 8.77. The summed E-state index contributed by atoms with van der Waals surface area (Å²) in [4.78, 5) is 0. The molecular weight excluding hydrogens is 264 g/mol. The summed E-state index contributed by atoms with van der Waals surface area (Å²) in [5.74, 6) is 0.586. The first-order valence-electron chi connectivity index (χ1n) is 8.29. The van der Waals surface area contributed by atoms with Crippen molar-refractivity contribution in [3.05, 3.63) is 64.7 Å². The normalized spacial score (nSPS) is 14.2. The van der Waals surface area contributed by atoms with Gasteiger partial charge in [0.2, 0.25) is 0 Å². The molecule has 0 heterocycles. The Hall–Kier alpha value is -1.82. The summed E-state index contributed by atoms with van der Waals surface area (Å²) in [6, 6.07) is 15.8. The van der Waals surface area contributed by atoms with Gasteiger partial charge in [0, 0.05) is 0 Å². The van der Waals surface area contributed by atoms with E-state index < -0.39 is 0 Å². The Kier molecular flexibility index (Phi) is 3.72. The largest absolute Gasteiger partial charge is 0.0613 e. The van der Waals surface area contributed by atoms with Crippen LogP contribution in [-0.2, 0) is 6.42 Å². The molecule has 0 saturated heterocycles. The van der Waals surface area contributed by atoms with E-state index in [1.807, 2.05) is 0 Å². The highest BCUT2D eigenvalue weighted by atomic mass is 14.3. The molecule has 0 fully saturated rings. The molecule has 1 aliphatic carbocycles. The molecule has 0 saturated carbocycles. The molecule has 0 N–H and O–H groups in total. The van der Waals surface area contributed by atoms with E-state index in [-0.39, 0.29) is 5.41 Å². The molecule has 2 aromatic rings. The number of hydrogen-bond donors (Lipinski definition) is 0. The van der Waals surface area contributed by atoms with Gasteiger partial charge in [-0.05, 0) is 45.6 Å². The molecule has 0 heteroatoms. The minimum atomic E-state index is 0.248. The molecule has 1 aliphatic rings. The Labute approximate surface area is 134 Å². The van der Waals surface area contributed by atoms with Crippen LogP contribution < -0.4 is 0 Å². The van der Waals surface area contributed by atoms with Crippen LogP contribution in [0.3, 0.4) is 0 Å². The number of hydrogen-bond acceptors (Lipinski definition) is 0. The maximum atomic E-state index is 2.42. The van der Waals surface area contributed by atoms with E-state index in [1.54, 1.807) is 0 Å². The van der Waals surface area contributed by atoms with Gasteiger partial charge in [0.15, 0.2) is 0 Å². The van der Waals surface area contributed by atoms with Crippen molar-refractivity contribution in [3.8, 4) is 11.1 Å². The first-order valence-corrected chi connectivity index (χ1v) is 8.29. The van der Waals surface area contributed by atoms with Crippen LogP contribution in [0.4, 0.5) is 0 Å². The van der Waals surface area contributed by atoms with E-state index in [2.05, 4.69) is 83.2 Å². The molecule has 114 valence electrons.